The van der Waals surface area contributed by atoms with E-state index in [1.54, 1.807) is 0 Å². The van der Waals surface area contributed by atoms with Crippen LogP contribution < -0.4 is 11.1 Å². The van der Waals surface area contributed by atoms with Crippen molar-refractivity contribution in [2.24, 2.45) is 16.6 Å². The lowest BCUT2D eigenvalue weighted by molar-refractivity contribution is -0.119. The van der Waals surface area contributed by atoms with Crippen molar-refractivity contribution in [1.29, 1.82) is 0 Å². The zero-order chi connectivity index (χ0) is 20.6. The number of carbonyl (C=O) groups is 1. The predicted molar refractivity (Wildman–Crippen MR) is 134 cm³/mol. The first kappa shape index (κ1) is 24.9. The number of piperidine rings is 2. The van der Waals surface area contributed by atoms with Crippen LogP contribution >= 0.6 is 24.0 Å². The van der Waals surface area contributed by atoms with E-state index in [1.807, 2.05) is 7.05 Å². The standard InChI is InChI=1S/C23H37N5O.HI/c1-18-6-3-4-12-27(18)16-20-10-8-19(9-11-20)15-26-23(25-2)28-13-5-7-21(17-28)14-22(24)29;/h8-11,18,21H,3-7,12-17H2,1-2H3,(H2,24,29)(H,25,26);1H. The van der Waals surface area contributed by atoms with Crippen molar-refractivity contribution in [2.45, 2.75) is 64.6 Å². The number of rotatable bonds is 6. The Balaban J connectivity index is 0.00000320. The first-order chi connectivity index (χ1) is 14.0. The molecule has 2 heterocycles. The molecule has 7 heteroatoms. The summed E-state index contributed by atoms with van der Waals surface area (Å²) in [6.07, 6.45) is 6.60. The van der Waals surface area contributed by atoms with Crippen LogP contribution in [-0.4, -0.2) is 54.4 Å². The Hall–Kier alpha value is -1.35. The summed E-state index contributed by atoms with van der Waals surface area (Å²) in [5.74, 6) is 1.03. The van der Waals surface area contributed by atoms with Gasteiger partial charge in [0.25, 0.3) is 0 Å². The molecule has 1 aromatic carbocycles. The van der Waals surface area contributed by atoms with Gasteiger partial charge in [0, 0.05) is 45.7 Å². The van der Waals surface area contributed by atoms with E-state index in [9.17, 15) is 4.79 Å². The van der Waals surface area contributed by atoms with Gasteiger partial charge in [-0.25, -0.2) is 0 Å². The highest BCUT2D eigenvalue weighted by atomic mass is 127. The quantitative estimate of drug-likeness (QED) is 0.338. The van der Waals surface area contributed by atoms with Gasteiger partial charge in [0.2, 0.25) is 5.91 Å². The van der Waals surface area contributed by atoms with Gasteiger partial charge in [-0.3, -0.25) is 14.7 Å². The van der Waals surface area contributed by atoms with Crippen LogP contribution in [0, 0.1) is 5.92 Å². The third-order valence-corrected chi connectivity index (χ3v) is 6.32. The molecule has 2 aliphatic rings. The normalized spacial score (nSPS) is 23.0. The molecule has 2 atom stereocenters. The molecule has 0 spiro atoms. The van der Waals surface area contributed by atoms with Crippen molar-refractivity contribution < 1.29 is 4.79 Å². The molecular weight excluding hydrogens is 489 g/mol. The molecule has 0 aromatic heterocycles. The first-order valence-electron chi connectivity index (χ1n) is 11.1. The number of likely N-dealkylation sites (tertiary alicyclic amines) is 2. The van der Waals surface area contributed by atoms with Crippen LogP contribution in [0.3, 0.4) is 0 Å². The van der Waals surface area contributed by atoms with Crippen molar-refractivity contribution in [3.63, 3.8) is 0 Å². The SMILES string of the molecule is CN=C(NCc1ccc(CN2CCCCC2C)cc1)N1CCCC(CC(N)=O)C1.I. The van der Waals surface area contributed by atoms with Crippen LogP contribution in [0.5, 0.6) is 0 Å². The number of carbonyl (C=O) groups excluding carboxylic acids is 1. The van der Waals surface area contributed by atoms with Gasteiger partial charge in [0.15, 0.2) is 5.96 Å². The third-order valence-electron chi connectivity index (χ3n) is 6.32. The second kappa shape index (κ2) is 12.5. The second-order valence-corrected chi connectivity index (χ2v) is 8.66. The monoisotopic (exact) mass is 527 g/mol. The zero-order valence-corrected chi connectivity index (χ0v) is 20.8. The summed E-state index contributed by atoms with van der Waals surface area (Å²) >= 11 is 0. The lowest BCUT2D eigenvalue weighted by atomic mass is 9.95. The Morgan fingerprint density at radius 3 is 2.53 bits per heavy atom. The number of guanidine groups is 1. The summed E-state index contributed by atoms with van der Waals surface area (Å²) in [5, 5.41) is 3.49. The Kier molecular flexibility index (Phi) is 10.4. The Labute approximate surface area is 198 Å². The summed E-state index contributed by atoms with van der Waals surface area (Å²) in [6, 6.07) is 9.64. The molecule has 3 N–H and O–H groups in total. The highest BCUT2D eigenvalue weighted by Crippen LogP contribution is 2.20. The number of primary amides is 1. The van der Waals surface area contributed by atoms with E-state index in [4.69, 9.17) is 5.73 Å². The van der Waals surface area contributed by atoms with Crippen LogP contribution in [0.4, 0.5) is 0 Å². The van der Waals surface area contributed by atoms with Crippen molar-refractivity contribution in [3.05, 3.63) is 35.4 Å². The van der Waals surface area contributed by atoms with E-state index in [-0.39, 0.29) is 29.9 Å². The summed E-state index contributed by atoms with van der Waals surface area (Å²) in [6.45, 7) is 7.18. The molecular formula is C23H38IN5O. The number of nitrogens with two attached hydrogens (primary N) is 1. The van der Waals surface area contributed by atoms with E-state index in [1.165, 1.54) is 36.9 Å². The van der Waals surface area contributed by atoms with E-state index >= 15 is 0 Å². The van der Waals surface area contributed by atoms with Crippen LogP contribution in [0.2, 0.25) is 0 Å². The number of nitrogens with zero attached hydrogens (tertiary/aromatic N) is 3. The van der Waals surface area contributed by atoms with Crippen molar-refractivity contribution in [3.8, 4) is 0 Å². The van der Waals surface area contributed by atoms with Gasteiger partial charge < -0.3 is 16.0 Å². The fourth-order valence-electron chi connectivity index (χ4n) is 4.61. The average Bonchev–Trinajstić information content (AvgIpc) is 2.71. The average molecular weight is 527 g/mol. The molecule has 6 nitrogen and oxygen atoms in total. The Morgan fingerprint density at radius 2 is 1.87 bits per heavy atom. The fourth-order valence-corrected chi connectivity index (χ4v) is 4.61. The smallest absolute Gasteiger partial charge is 0.217 e. The van der Waals surface area contributed by atoms with Crippen molar-refractivity contribution in [1.82, 2.24) is 15.1 Å². The Morgan fingerprint density at radius 1 is 1.13 bits per heavy atom. The minimum Gasteiger partial charge on any atom is -0.370 e. The fraction of sp³-hybridized carbons (Fsp3) is 0.652. The van der Waals surface area contributed by atoms with Gasteiger partial charge in [-0.2, -0.15) is 0 Å². The molecule has 3 rings (SSSR count). The minimum atomic E-state index is -0.209. The molecule has 2 unspecified atom stereocenters. The third kappa shape index (κ3) is 7.41. The second-order valence-electron chi connectivity index (χ2n) is 8.66. The summed E-state index contributed by atoms with van der Waals surface area (Å²) < 4.78 is 0. The van der Waals surface area contributed by atoms with E-state index in [2.05, 4.69) is 51.3 Å². The molecule has 2 fully saturated rings. The van der Waals surface area contributed by atoms with Crippen LogP contribution in [-0.2, 0) is 17.9 Å². The van der Waals surface area contributed by atoms with Crippen LogP contribution in [0.1, 0.15) is 56.6 Å². The van der Waals surface area contributed by atoms with Crippen molar-refractivity contribution >= 4 is 35.8 Å². The molecule has 2 saturated heterocycles. The largest absolute Gasteiger partial charge is 0.370 e. The number of hydrogen-bond acceptors (Lipinski definition) is 3. The maximum absolute atomic E-state index is 11.3. The van der Waals surface area contributed by atoms with Crippen LogP contribution in [0.15, 0.2) is 29.3 Å². The predicted octanol–water partition coefficient (Wildman–Crippen LogP) is 3.34. The molecule has 1 amide bonds. The summed E-state index contributed by atoms with van der Waals surface area (Å²) in [4.78, 5) is 20.6. The van der Waals surface area contributed by atoms with Gasteiger partial charge in [-0.15, -0.1) is 24.0 Å². The lowest BCUT2D eigenvalue weighted by Crippen LogP contribution is -2.46. The number of amides is 1. The van der Waals surface area contributed by atoms with E-state index in [0.717, 1.165) is 45.0 Å². The summed E-state index contributed by atoms with van der Waals surface area (Å²) in [5.41, 5.74) is 8.03. The van der Waals surface area contributed by atoms with Gasteiger partial charge in [0.1, 0.15) is 0 Å². The molecule has 1 aromatic rings. The number of aliphatic imine (C=N–C) groups is 1. The number of benzene rings is 1. The summed E-state index contributed by atoms with van der Waals surface area (Å²) in [7, 11) is 1.82. The van der Waals surface area contributed by atoms with Gasteiger partial charge >= 0.3 is 0 Å². The maximum atomic E-state index is 11.3. The molecule has 30 heavy (non-hydrogen) atoms. The highest BCUT2D eigenvalue weighted by molar-refractivity contribution is 14.0. The number of halogens is 1. The van der Waals surface area contributed by atoms with Crippen molar-refractivity contribution in [2.75, 3.05) is 26.7 Å². The van der Waals surface area contributed by atoms with Gasteiger partial charge in [-0.05, 0) is 56.2 Å². The molecule has 0 aliphatic carbocycles. The molecule has 0 radical (unpaired) electrons. The molecule has 168 valence electrons. The van der Waals surface area contributed by atoms with E-state index < -0.39 is 0 Å². The van der Waals surface area contributed by atoms with Crippen LogP contribution in [0.25, 0.3) is 0 Å². The Bertz CT molecular complexity index is 693. The number of hydrogen-bond donors (Lipinski definition) is 2. The lowest BCUT2D eigenvalue weighted by Gasteiger charge is -2.34. The topological polar surface area (TPSA) is 74.0 Å². The zero-order valence-electron chi connectivity index (χ0n) is 18.5. The maximum Gasteiger partial charge on any atom is 0.217 e. The molecule has 0 saturated carbocycles. The first-order valence-corrected chi connectivity index (χ1v) is 11.1. The highest BCUT2D eigenvalue weighted by Gasteiger charge is 2.23. The van der Waals surface area contributed by atoms with E-state index in [0.29, 0.717) is 18.4 Å². The van der Waals surface area contributed by atoms with Gasteiger partial charge in [-0.1, -0.05) is 30.7 Å². The molecule has 2 aliphatic heterocycles. The van der Waals surface area contributed by atoms with Gasteiger partial charge in [0.05, 0.1) is 0 Å². The minimum absolute atomic E-state index is 0. The number of nitrogens with one attached hydrogen (secondary N) is 1. The molecule has 0 bridgehead atoms.